The van der Waals surface area contributed by atoms with Crippen molar-refractivity contribution in [3.63, 3.8) is 0 Å². The molecule has 5 heterocycles. The highest BCUT2D eigenvalue weighted by atomic mass is 32.1. The van der Waals surface area contributed by atoms with Crippen LogP contribution in [0.5, 0.6) is 0 Å². The third-order valence-electron chi connectivity index (χ3n) is 7.91. The summed E-state index contributed by atoms with van der Waals surface area (Å²) in [4.78, 5) is 30.3. The Labute approximate surface area is 208 Å². The second kappa shape index (κ2) is 8.39. The van der Waals surface area contributed by atoms with E-state index in [2.05, 4.69) is 39.2 Å². The maximum absolute atomic E-state index is 13.0. The van der Waals surface area contributed by atoms with Gasteiger partial charge in [-0.05, 0) is 50.2 Å². The summed E-state index contributed by atoms with van der Waals surface area (Å²) in [5, 5.41) is 3.17. The normalized spacial score (nSPS) is 28.1. The van der Waals surface area contributed by atoms with Crippen LogP contribution in [0.4, 0.5) is 11.5 Å². The molecule has 1 amide bonds. The van der Waals surface area contributed by atoms with Crippen molar-refractivity contribution in [1.29, 1.82) is 0 Å². The minimum Gasteiger partial charge on any atom is -0.396 e. The Hall–Kier alpha value is -2.82. The molecule has 184 valence electrons. The standard InChI is InChI=1S/C25H31N7O2S/c1-13-7-8-34-25(13)12-32(11-18(25)26)19-6-3-15-9-16(4-5-17(15)31-19)30-23(33)22-20(27)21-24(35-22)29-14(2)10-28-21/h3,6,10,13,16,18H,4-5,7-9,11-12,26-27H2,1-2H3,(H,30,33). The number of thiophene rings is 1. The van der Waals surface area contributed by atoms with Crippen LogP contribution < -0.4 is 21.7 Å². The van der Waals surface area contributed by atoms with Gasteiger partial charge in [0.1, 0.15) is 26.6 Å². The Morgan fingerprint density at radius 1 is 1.31 bits per heavy atom. The molecule has 3 aromatic rings. The first kappa shape index (κ1) is 22.6. The summed E-state index contributed by atoms with van der Waals surface area (Å²) < 4.78 is 6.16. The monoisotopic (exact) mass is 493 g/mol. The highest BCUT2D eigenvalue weighted by Crippen LogP contribution is 2.40. The average Bonchev–Trinajstić information content (AvgIpc) is 3.49. The smallest absolute Gasteiger partial charge is 0.263 e. The molecule has 10 heteroatoms. The van der Waals surface area contributed by atoms with Gasteiger partial charge in [0.2, 0.25) is 0 Å². The molecule has 4 unspecified atom stereocenters. The Balaban J connectivity index is 1.15. The fourth-order valence-electron chi connectivity index (χ4n) is 5.82. The van der Waals surface area contributed by atoms with Crippen LogP contribution in [0.3, 0.4) is 0 Å². The molecule has 9 nitrogen and oxygen atoms in total. The molecule has 4 atom stereocenters. The number of hydrogen-bond donors (Lipinski definition) is 3. The van der Waals surface area contributed by atoms with Crippen molar-refractivity contribution >= 4 is 39.1 Å². The molecular weight excluding hydrogens is 462 g/mol. The molecular formula is C25H31N7O2S. The zero-order valence-electron chi connectivity index (χ0n) is 20.1. The molecule has 1 spiro atoms. The Kier molecular flexibility index (Phi) is 5.43. The number of carbonyl (C=O) groups excluding carboxylic acids is 1. The lowest BCUT2D eigenvalue weighted by Crippen LogP contribution is -2.50. The lowest BCUT2D eigenvalue weighted by Gasteiger charge is -2.31. The number of anilines is 2. The van der Waals surface area contributed by atoms with Crippen molar-refractivity contribution in [3.8, 4) is 0 Å². The van der Waals surface area contributed by atoms with Crippen molar-refractivity contribution in [2.24, 2.45) is 11.7 Å². The molecule has 35 heavy (non-hydrogen) atoms. The van der Waals surface area contributed by atoms with Gasteiger partial charge < -0.3 is 26.4 Å². The number of aryl methyl sites for hydroxylation is 2. The number of aromatic nitrogens is 3. The average molecular weight is 494 g/mol. The number of hydrogen-bond acceptors (Lipinski definition) is 9. The topological polar surface area (TPSA) is 132 Å². The van der Waals surface area contributed by atoms with Crippen LogP contribution >= 0.6 is 11.3 Å². The fourth-order valence-corrected chi connectivity index (χ4v) is 6.82. The van der Waals surface area contributed by atoms with Crippen molar-refractivity contribution in [2.45, 2.75) is 57.2 Å². The number of nitrogen functional groups attached to an aromatic ring is 1. The second-order valence-corrected chi connectivity index (χ2v) is 11.2. The van der Waals surface area contributed by atoms with Crippen LogP contribution in [0.15, 0.2) is 18.3 Å². The first-order valence-corrected chi connectivity index (χ1v) is 13.1. The quantitative estimate of drug-likeness (QED) is 0.506. The second-order valence-electron chi connectivity index (χ2n) is 10.2. The predicted octanol–water partition coefficient (Wildman–Crippen LogP) is 2.21. The van der Waals surface area contributed by atoms with Crippen molar-refractivity contribution in [3.05, 3.63) is 40.2 Å². The van der Waals surface area contributed by atoms with Gasteiger partial charge in [-0.25, -0.2) is 15.0 Å². The van der Waals surface area contributed by atoms with E-state index in [0.29, 0.717) is 26.8 Å². The largest absolute Gasteiger partial charge is 0.396 e. The molecule has 0 radical (unpaired) electrons. The van der Waals surface area contributed by atoms with Crippen LogP contribution in [-0.2, 0) is 17.6 Å². The third-order valence-corrected chi connectivity index (χ3v) is 9.00. The first-order chi connectivity index (χ1) is 16.8. The van der Waals surface area contributed by atoms with Gasteiger partial charge in [0.15, 0.2) is 0 Å². The van der Waals surface area contributed by atoms with Crippen LogP contribution in [-0.4, -0.2) is 58.2 Å². The molecule has 5 N–H and O–H groups in total. The SMILES string of the molecule is Cc1cnc2c(N)c(C(=O)NC3CCc4nc(N5CC(N)C6(C5)OCCC6C)ccc4C3)sc2n1. The molecule has 0 saturated carbocycles. The molecule has 3 aromatic heterocycles. The van der Waals surface area contributed by atoms with Gasteiger partial charge in [-0.1, -0.05) is 13.0 Å². The number of nitrogens with one attached hydrogen (secondary N) is 1. The van der Waals surface area contributed by atoms with E-state index in [0.717, 1.165) is 62.6 Å². The van der Waals surface area contributed by atoms with Crippen LogP contribution in [0, 0.1) is 12.8 Å². The fraction of sp³-hybridized carbons (Fsp3) is 0.520. The zero-order valence-corrected chi connectivity index (χ0v) is 20.9. The summed E-state index contributed by atoms with van der Waals surface area (Å²) in [5.41, 5.74) is 16.6. The summed E-state index contributed by atoms with van der Waals surface area (Å²) in [6, 6.07) is 4.26. The number of fused-ring (bicyclic) bond motifs is 2. The van der Waals surface area contributed by atoms with Gasteiger partial charge in [-0.3, -0.25) is 4.79 Å². The summed E-state index contributed by atoms with van der Waals surface area (Å²) in [5.74, 6) is 1.26. The molecule has 2 aliphatic heterocycles. The Morgan fingerprint density at radius 2 is 2.17 bits per heavy atom. The lowest BCUT2D eigenvalue weighted by molar-refractivity contribution is -0.0109. The summed E-state index contributed by atoms with van der Waals surface area (Å²) in [6.07, 6.45) is 5.13. The molecule has 2 fully saturated rings. The van der Waals surface area contributed by atoms with E-state index in [1.54, 1.807) is 6.20 Å². The lowest BCUT2D eigenvalue weighted by atomic mass is 9.85. The van der Waals surface area contributed by atoms with E-state index in [1.807, 2.05) is 6.92 Å². The predicted molar refractivity (Wildman–Crippen MR) is 137 cm³/mol. The molecule has 6 rings (SSSR count). The van der Waals surface area contributed by atoms with Crippen molar-refractivity contribution in [2.75, 3.05) is 30.3 Å². The molecule has 0 bridgehead atoms. The van der Waals surface area contributed by atoms with E-state index >= 15 is 0 Å². The van der Waals surface area contributed by atoms with E-state index in [1.165, 1.54) is 16.9 Å². The number of carbonyl (C=O) groups is 1. The maximum Gasteiger partial charge on any atom is 0.263 e. The van der Waals surface area contributed by atoms with E-state index < -0.39 is 0 Å². The van der Waals surface area contributed by atoms with E-state index in [-0.39, 0.29) is 23.6 Å². The number of ether oxygens (including phenoxy) is 1. The summed E-state index contributed by atoms with van der Waals surface area (Å²) >= 11 is 1.30. The summed E-state index contributed by atoms with van der Waals surface area (Å²) in [6.45, 7) is 6.45. The Morgan fingerprint density at radius 3 is 2.97 bits per heavy atom. The van der Waals surface area contributed by atoms with E-state index in [9.17, 15) is 4.79 Å². The molecule has 0 aromatic carbocycles. The van der Waals surface area contributed by atoms with Gasteiger partial charge in [0.25, 0.3) is 5.91 Å². The Bertz CT molecular complexity index is 1310. The first-order valence-electron chi connectivity index (χ1n) is 12.3. The number of nitrogens with two attached hydrogens (primary N) is 2. The van der Waals surface area contributed by atoms with Gasteiger partial charge in [-0.2, -0.15) is 0 Å². The number of rotatable bonds is 3. The minimum atomic E-state index is -0.259. The van der Waals surface area contributed by atoms with Crippen LogP contribution in [0.1, 0.15) is 46.4 Å². The third kappa shape index (κ3) is 3.75. The van der Waals surface area contributed by atoms with Gasteiger partial charge in [-0.15, -0.1) is 11.3 Å². The van der Waals surface area contributed by atoms with Gasteiger partial charge in [0.05, 0.1) is 24.0 Å². The zero-order chi connectivity index (χ0) is 24.3. The van der Waals surface area contributed by atoms with Crippen molar-refractivity contribution in [1.82, 2.24) is 20.3 Å². The van der Waals surface area contributed by atoms with Crippen LogP contribution in [0.25, 0.3) is 10.3 Å². The minimum absolute atomic E-state index is 0.00641. The molecule has 3 aliphatic rings. The number of nitrogens with zero attached hydrogens (tertiary/aromatic N) is 4. The molecule has 1 aliphatic carbocycles. The van der Waals surface area contributed by atoms with E-state index in [4.69, 9.17) is 21.2 Å². The van der Waals surface area contributed by atoms with Gasteiger partial charge in [0, 0.05) is 31.1 Å². The van der Waals surface area contributed by atoms with Gasteiger partial charge >= 0.3 is 0 Å². The molecule has 2 saturated heterocycles. The maximum atomic E-state index is 13.0. The highest BCUT2D eigenvalue weighted by molar-refractivity contribution is 7.21. The van der Waals surface area contributed by atoms with Crippen LogP contribution in [0.2, 0.25) is 0 Å². The number of pyridine rings is 1. The summed E-state index contributed by atoms with van der Waals surface area (Å²) in [7, 11) is 0. The van der Waals surface area contributed by atoms with Crippen molar-refractivity contribution < 1.29 is 9.53 Å². The number of amides is 1. The highest BCUT2D eigenvalue weighted by Gasteiger charge is 2.52.